The van der Waals surface area contributed by atoms with Crippen molar-refractivity contribution in [3.63, 3.8) is 0 Å². The maximum atomic E-state index is 13.5. The standard InChI is InChI=1S/C23H30O6S/c1-7-9-15(24)20(13(3)4)21(23(26)29-8-2)22(25)19-11-14-10-16(27-5)17(28-6)12-18(14)30-19/h10-13,20-21H,7-9H2,1-6H3. The molecule has 0 saturated carbocycles. The minimum Gasteiger partial charge on any atom is -0.493 e. The fourth-order valence-corrected chi connectivity index (χ4v) is 4.70. The first-order valence-corrected chi connectivity index (χ1v) is 11.0. The minimum atomic E-state index is -1.15. The van der Waals surface area contributed by atoms with E-state index in [0.29, 0.717) is 29.2 Å². The van der Waals surface area contributed by atoms with Crippen molar-refractivity contribution in [2.45, 2.75) is 40.5 Å². The molecule has 164 valence electrons. The molecule has 0 aliphatic rings. The number of rotatable bonds is 11. The summed E-state index contributed by atoms with van der Waals surface area (Å²) < 4.78 is 16.7. The maximum absolute atomic E-state index is 13.5. The van der Waals surface area contributed by atoms with Gasteiger partial charge in [0, 0.05) is 23.1 Å². The van der Waals surface area contributed by atoms with Crippen molar-refractivity contribution < 1.29 is 28.6 Å². The number of fused-ring (bicyclic) bond motifs is 1. The number of ketones is 2. The van der Waals surface area contributed by atoms with Crippen LogP contribution in [0.5, 0.6) is 11.5 Å². The Morgan fingerprint density at radius 1 is 1.00 bits per heavy atom. The molecular formula is C23H30O6S. The fourth-order valence-electron chi connectivity index (χ4n) is 3.65. The molecule has 1 heterocycles. The number of thiophene rings is 1. The molecule has 30 heavy (non-hydrogen) atoms. The topological polar surface area (TPSA) is 78.9 Å². The molecule has 0 amide bonds. The van der Waals surface area contributed by atoms with Crippen molar-refractivity contribution in [1.29, 1.82) is 0 Å². The van der Waals surface area contributed by atoms with Gasteiger partial charge in [-0.3, -0.25) is 14.4 Å². The van der Waals surface area contributed by atoms with Crippen LogP contribution >= 0.6 is 11.3 Å². The second-order valence-electron chi connectivity index (χ2n) is 7.44. The van der Waals surface area contributed by atoms with E-state index in [2.05, 4.69) is 0 Å². The highest BCUT2D eigenvalue weighted by Crippen LogP contribution is 2.38. The Hall–Kier alpha value is -2.41. The summed E-state index contributed by atoms with van der Waals surface area (Å²) >= 11 is 1.27. The van der Waals surface area contributed by atoms with Gasteiger partial charge < -0.3 is 14.2 Å². The third-order valence-electron chi connectivity index (χ3n) is 5.03. The number of Topliss-reactive ketones (excluding diaryl/α,β-unsaturated/α-hetero) is 2. The summed E-state index contributed by atoms with van der Waals surface area (Å²) in [5.74, 6) is -2.02. The highest BCUT2D eigenvalue weighted by Gasteiger charge is 2.42. The van der Waals surface area contributed by atoms with E-state index in [4.69, 9.17) is 14.2 Å². The number of hydrogen-bond acceptors (Lipinski definition) is 7. The fraction of sp³-hybridized carbons (Fsp3) is 0.522. The Kier molecular flexibility index (Phi) is 8.41. The molecule has 2 unspecified atom stereocenters. The van der Waals surface area contributed by atoms with E-state index in [0.717, 1.165) is 10.1 Å². The zero-order valence-corrected chi connectivity index (χ0v) is 19.3. The van der Waals surface area contributed by atoms with Gasteiger partial charge in [0.05, 0.1) is 25.7 Å². The highest BCUT2D eigenvalue weighted by atomic mass is 32.1. The molecule has 0 aliphatic heterocycles. The third-order valence-corrected chi connectivity index (χ3v) is 6.15. The molecule has 7 heteroatoms. The summed E-state index contributed by atoms with van der Waals surface area (Å²) in [5, 5.41) is 0.810. The van der Waals surface area contributed by atoms with Gasteiger partial charge >= 0.3 is 5.97 Å². The molecule has 1 aromatic heterocycles. The summed E-state index contributed by atoms with van der Waals surface area (Å²) in [6.07, 6.45) is 0.987. The summed E-state index contributed by atoms with van der Waals surface area (Å²) in [6.45, 7) is 7.46. The van der Waals surface area contributed by atoms with Crippen LogP contribution in [0.3, 0.4) is 0 Å². The van der Waals surface area contributed by atoms with Crippen molar-refractivity contribution in [2.24, 2.45) is 17.8 Å². The van der Waals surface area contributed by atoms with Gasteiger partial charge in [-0.1, -0.05) is 20.8 Å². The number of methoxy groups -OCH3 is 2. The first kappa shape index (κ1) is 23.9. The van der Waals surface area contributed by atoms with E-state index in [-0.39, 0.29) is 24.1 Å². The molecular weight excluding hydrogens is 404 g/mol. The van der Waals surface area contributed by atoms with Crippen LogP contribution in [0, 0.1) is 17.8 Å². The Morgan fingerprint density at radius 3 is 2.17 bits per heavy atom. The monoisotopic (exact) mass is 434 g/mol. The molecule has 0 radical (unpaired) electrons. The van der Waals surface area contributed by atoms with Crippen LogP contribution in [0.25, 0.3) is 10.1 Å². The molecule has 2 atom stereocenters. The van der Waals surface area contributed by atoms with Crippen LogP contribution in [0.4, 0.5) is 0 Å². The summed E-state index contributed by atoms with van der Waals surface area (Å²) in [6, 6.07) is 5.33. The van der Waals surface area contributed by atoms with Crippen LogP contribution in [0.15, 0.2) is 18.2 Å². The second kappa shape index (κ2) is 10.6. The SMILES string of the molecule is CCCC(=O)C(C(C)C)C(C(=O)OCC)C(=O)c1cc2cc(OC)c(OC)cc2s1. The number of carbonyl (C=O) groups is 3. The summed E-state index contributed by atoms with van der Waals surface area (Å²) in [7, 11) is 3.10. The molecule has 2 rings (SSSR count). The number of benzene rings is 1. The summed E-state index contributed by atoms with van der Waals surface area (Å²) in [4.78, 5) is 39.5. The first-order chi connectivity index (χ1) is 14.3. The number of ether oxygens (including phenoxy) is 3. The Morgan fingerprint density at radius 2 is 1.63 bits per heavy atom. The van der Waals surface area contributed by atoms with Crippen molar-refractivity contribution in [3.8, 4) is 11.5 Å². The average Bonchev–Trinajstić information content (AvgIpc) is 3.13. The molecule has 0 fully saturated rings. The van der Waals surface area contributed by atoms with Gasteiger partial charge in [0.25, 0.3) is 0 Å². The quantitative estimate of drug-likeness (QED) is 0.284. The first-order valence-electron chi connectivity index (χ1n) is 10.2. The molecule has 0 N–H and O–H groups in total. The largest absolute Gasteiger partial charge is 0.493 e. The van der Waals surface area contributed by atoms with Crippen molar-refractivity contribution >= 4 is 39.0 Å². The molecule has 1 aromatic carbocycles. The lowest BCUT2D eigenvalue weighted by Gasteiger charge is -2.26. The zero-order chi connectivity index (χ0) is 22.4. The van der Waals surface area contributed by atoms with Crippen LogP contribution in [0.2, 0.25) is 0 Å². The zero-order valence-electron chi connectivity index (χ0n) is 18.4. The number of esters is 1. The van der Waals surface area contributed by atoms with Crippen LogP contribution in [-0.2, 0) is 14.3 Å². The normalized spacial score (nSPS) is 13.2. The lowest BCUT2D eigenvalue weighted by molar-refractivity contribution is -0.151. The smallest absolute Gasteiger partial charge is 0.317 e. The minimum absolute atomic E-state index is 0.0802. The molecule has 0 saturated heterocycles. The van der Waals surface area contributed by atoms with Crippen LogP contribution < -0.4 is 9.47 Å². The van der Waals surface area contributed by atoms with E-state index in [1.807, 2.05) is 20.8 Å². The average molecular weight is 435 g/mol. The Labute approximate surface area is 181 Å². The van der Waals surface area contributed by atoms with Gasteiger partial charge in [-0.2, -0.15) is 0 Å². The van der Waals surface area contributed by atoms with E-state index in [9.17, 15) is 14.4 Å². The van der Waals surface area contributed by atoms with E-state index >= 15 is 0 Å². The van der Waals surface area contributed by atoms with Crippen molar-refractivity contribution in [2.75, 3.05) is 20.8 Å². The predicted octanol–water partition coefficient (Wildman–Crippen LogP) is 4.92. The van der Waals surface area contributed by atoms with Gasteiger partial charge in [0.15, 0.2) is 17.3 Å². The Bertz CT molecular complexity index is 873. The van der Waals surface area contributed by atoms with Gasteiger partial charge in [-0.15, -0.1) is 11.3 Å². The van der Waals surface area contributed by atoms with Gasteiger partial charge in [0.1, 0.15) is 11.7 Å². The molecule has 2 aromatic rings. The molecule has 0 spiro atoms. The van der Waals surface area contributed by atoms with E-state index < -0.39 is 17.8 Å². The highest BCUT2D eigenvalue weighted by molar-refractivity contribution is 7.20. The predicted molar refractivity (Wildman–Crippen MR) is 118 cm³/mol. The lowest BCUT2D eigenvalue weighted by Crippen LogP contribution is -2.39. The lowest BCUT2D eigenvalue weighted by atomic mass is 9.76. The molecule has 0 aliphatic carbocycles. The van der Waals surface area contributed by atoms with Crippen LogP contribution in [0.1, 0.15) is 50.2 Å². The van der Waals surface area contributed by atoms with E-state index in [1.54, 1.807) is 39.3 Å². The van der Waals surface area contributed by atoms with Gasteiger partial charge in [-0.25, -0.2) is 0 Å². The Balaban J connectivity index is 2.54. The number of carbonyl (C=O) groups excluding carboxylic acids is 3. The van der Waals surface area contributed by atoms with Gasteiger partial charge in [0.2, 0.25) is 0 Å². The summed E-state index contributed by atoms with van der Waals surface area (Å²) in [5.41, 5.74) is 0. The van der Waals surface area contributed by atoms with Gasteiger partial charge in [-0.05, 0) is 36.8 Å². The van der Waals surface area contributed by atoms with Crippen LogP contribution in [-0.4, -0.2) is 38.4 Å². The second-order valence-corrected chi connectivity index (χ2v) is 8.52. The van der Waals surface area contributed by atoms with Crippen molar-refractivity contribution in [1.82, 2.24) is 0 Å². The molecule has 0 bridgehead atoms. The molecule has 6 nitrogen and oxygen atoms in total. The number of hydrogen-bond donors (Lipinski definition) is 0. The van der Waals surface area contributed by atoms with E-state index in [1.165, 1.54) is 11.3 Å². The maximum Gasteiger partial charge on any atom is 0.317 e. The van der Waals surface area contributed by atoms with Crippen molar-refractivity contribution in [3.05, 3.63) is 23.1 Å². The third kappa shape index (κ3) is 5.01.